The Kier molecular flexibility index (Phi) is 7.90. The average Bonchev–Trinajstić information content (AvgIpc) is 2.70. The third-order valence-electron chi connectivity index (χ3n) is 5.76. The molecule has 0 spiro atoms. The Morgan fingerprint density at radius 1 is 1.10 bits per heavy atom. The van der Waals surface area contributed by atoms with Crippen molar-refractivity contribution in [3.63, 3.8) is 0 Å². The maximum absolute atomic E-state index is 12.6. The van der Waals surface area contributed by atoms with E-state index in [-0.39, 0.29) is 5.41 Å². The zero-order valence-corrected chi connectivity index (χ0v) is 19.3. The lowest BCUT2D eigenvalue weighted by Crippen LogP contribution is -2.32. The van der Waals surface area contributed by atoms with Crippen LogP contribution in [0.3, 0.4) is 0 Å². The summed E-state index contributed by atoms with van der Waals surface area (Å²) in [6.45, 7) is 11.7. The van der Waals surface area contributed by atoms with Crippen LogP contribution >= 0.6 is 11.6 Å². The quantitative estimate of drug-likeness (QED) is 0.375. The number of ketones is 1. The molecule has 1 N–H and O–H groups in total. The molecule has 0 radical (unpaired) electrons. The van der Waals surface area contributed by atoms with Gasteiger partial charge >= 0.3 is 0 Å². The third kappa shape index (κ3) is 5.54. The van der Waals surface area contributed by atoms with Gasteiger partial charge < -0.3 is 5.32 Å². The Bertz CT molecular complexity index is 965. The van der Waals surface area contributed by atoms with E-state index in [0.717, 1.165) is 29.5 Å². The van der Waals surface area contributed by atoms with E-state index >= 15 is 0 Å². The van der Waals surface area contributed by atoms with E-state index in [2.05, 4.69) is 36.3 Å². The molecule has 2 rings (SSSR count). The largest absolute Gasteiger partial charge is 0.324 e. The maximum atomic E-state index is 12.6. The summed E-state index contributed by atoms with van der Waals surface area (Å²) >= 11 is 6.42. The van der Waals surface area contributed by atoms with Gasteiger partial charge in [0.2, 0.25) is 6.04 Å². The Labute approximate surface area is 183 Å². The molecule has 0 aliphatic heterocycles. The van der Waals surface area contributed by atoms with Crippen molar-refractivity contribution in [1.82, 2.24) is 0 Å². The van der Waals surface area contributed by atoms with Crippen molar-refractivity contribution in [1.29, 1.82) is 0 Å². The molecule has 6 heteroatoms. The van der Waals surface area contributed by atoms with E-state index in [0.29, 0.717) is 16.4 Å². The monoisotopic (exact) mass is 427 g/mol. The number of amides is 1. The Balaban J connectivity index is 2.24. The van der Waals surface area contributed by atoms with E-state index in [9.17, 15) is 9.59 Å². The number of nitrogens with one attached hydrogen (secondary N) is 1. The highest BCUT2D eigenvalue weighted by Gasteiger charge is 2.25. The molecular weight excluding hydrogens is 398 g/mol. The van der Waals surface area contributed by atoms with Crippen molar-refractivity contribution in [2.45, 2.75) is 65.8 Å². The summed E-state index contributed by atoms with van der Waals surface area (Å²) in [4.78, 5) is 24.7. The van der Waals surface area contributed by atoms with Crippen LogP contribution in [0.15, 0.2) is 46.6 Å². The number of nitrogens with zero attached hydrogens (tertiary/aromatic N) is 2. The van der Waals surface area contributed by atoms with Crippen LogP contribution in [0, 0.1) is 13.8 Å². The molecule has 1 atom stereocenters. The van der Waals surface area contributed by atoms with Gasteiger partial charge in [-0.25, -0.2) is 0 Å². The van der Waals surface area contributed by atoms with Gasteiger partial charge in [-0.1, -0.05) is 56.1 Å². The standard InChI is InChI=1S/C24H30ClN3O2/c1-7-24(6,8-2)18-10-12-21(19(25)14-18)27-28-22(17(5)29)23(30)26-20-11-9-15(3)13-16(20)4/h9-14,22H,7-8H2,1-6H3,(H,26,30). The Morgan fingerprint density at radius 2 is 1.77 bits per heavy atom. The van der Waals surface area contributed by atoms with Gasteiger partial charge in [0.05, 0.1) is 5.02 Å². The summed E-state index contributed by atoms with van der Waals surface area (Å²) in [6.07, 6.45) is 1.98. The van der Waals surface area contributed by atoms with Crippen LogP contribution in [0.4, 0.5) is 11.4 Å². The van der Waals surface area contributed by atoms with Gasteiger partial charge in [0.15, 0.2) is 5.78 Å². The number of anilines is 1. The van der Waals surface area contributed by atoms with Crippen molar-refractivity contribution in [3.8, 4) is 0 Å². The summed E-state index contributed by atoms with van der Waals surface area (Å²) in [6, 6.07) is 10.1. The lowest BCUT2D eigenvalue weighted by atomic mass is 9.78. The summed E-state index contributed by atoms with van der Waals surface area (Å²) in [5.41, 5.74) is 4.25. The first-order valence-electron chi connectivity index (χ1n) is 10.2. The first-order valence-corrected chi connectivity index (χ1v) is 10.6. The SMILES string of the molecule is CCC(C)(CC)c1ccc(N=NC(C(C)=O)C(=O)Nc2ccc(C)cc2C)c(Cl)c1. The number of Topliss-reactive ketones (excluding diaryl/α,β-unsaturated/α-hetero) is 1. The number of carbonyl (C=O) groups excluding carboxylic acids is 2. The minimum Gasteiger partial charge on any atom is -0.324 e. The molecule has 2 aromatic rings. The molecule has 1 amide bonds. The number of rotatable bonds is 8. The highest BCUT2D eigenvalue weighted by molar-refractivity contribution is 6.33. The molecular formula is C24H30ClN3O2. The highest BCUT2D eigenvalue weighted by atomic mass is 35.5. The topological polar surface area (TPSA) is 70.9 Å². The van der Waals surface area contributed by atoms with Gasteiger partial charge in [0, 0.05) is 5.69 Å². The van der Waals surface area contributed by atoms with E-state index in [1.165, 1.54) is 6.92 Å². The van der Waals surface area contributed by atoms with Crippen LogP contribution in [-0.2, 0) is 15.0 Å². The third-order valence-corrected chi connectivity index (χ3v) is 6.06. The zero-order valence-electron chi connectivity index (χ0n) is 18.5. The van der Waals surface area contributed by atoms with Crippen LogP contribution in [0.25, 0.3) is 0 Å². The number of benzene rings is 2. The van der Waals surface area contributed by atoms with Gasteiger partial charge in [-0.05, 0) is 68.4 Å². The molecule has 0 fully saturated rings. The van der Waals surface area contributed by atoms with Gasteiger partial charge in [0.25, 0.3) is 5.91 Å². The molecule has 0 aromatic heterocycles. The van der Waals surface area contributed by atoms with Gasteiger partial charge in [-0.15, -0.1) is 0 Å². The molecule has 0 heterocycles. The summed E-state index contributed by atoms with van der Waals surface area (Å²) in [7, 11) is 0. The first-order chi connectivity index (χ1) is 14.1. The predicted octanol–water partition coefficient (Wildman–Crippen LogP) is 6.71. The van der Waals surface area contributed by atoms with Crippen LogP contribution in [0.1, 0.15) is 57.2 Å². The van der Waals surface area contributed by atoms with Crippen molar-refractivity contribution >= 4 is 34.7 Å². The molecule has 2 aromatic carbocycles. The van der Waals surface area contributed by atoms with Gasteiger partial charge in [0.1, 0.15) is 5.69 Å². The van der Waals surface area contributed by atoms with E-state index in [1.54, 1.807) is 6.07 Å². The number of hydrogen-bond acceptors (Lipinski definition) is 4. The van der Waals surface area contributed by atoms with Gasteiger partial charge in [-0.2, -0.15) is 10.2 Å². The number of carbonyl (C=O) groups is 2. The van der Waals surface area contributed by atoms with Gasteiger partial charge in [-0.3, -0.25) is 9.59 Å². The minimum absolute atomic E-state index is 0.0347. The second-order valence-corrected chi connectivity index (χ2v) is 8.38. The zero-order chi connectivity index (χ0) is 22.5. The van der Waals surface area contributed by atoms with E-state index in [4.69, 9.17) is 11.6 Å². The molecule has 1 unspecified atom stereocenters. The van der Waals surface area contributed by atoms with Crippen molar-refractivity contribution in [2.24, 2.45) is 10.2 Å². The number of aryl methyl sites for hydroxylation is 2. The lowest BCUT2D eigenvalue weighted by Gasteiger charge is -2.27. The molecule has 0 aliphatic rings. The molecule has 0 saturated carbocycles. The fraction of sp³-hybridized carbons (Fsp3) is 0.417. The van der Waals surface area contributed by atoms with Crippen LogP contribution in [-0.4, -0.2) is 17.7 Å². The molecule has 5 nitrogen and oxygen atoms in total. The molecule has 0 saturated heterocycles. The van der Waals surface area contributed by atoms with E-state index < -0.39 is 17.7 Å². The van der Waals surface area contributed by atoms with Crippen LogP contribution in [0.2, 0.25) is 5.02 Å². The van der Waals surface area contributed by atoms with E-state index in [1.807, 2.05) is 44.2 Å². The minimum atomic E-state index is -1.24. The average molecular weight is 428 g/mol. The molecule has 160 valence electrons. The maximum Gasteiger partial charge on any atom is 0.258 e. The van der Waals surface area contributed by atoms with Crippen molar-refractivity contribution in [2.75, 3.05) is 5.32 Å². The predicted molar refractivity (Wildman–Crippen MR) is 123 cm³/mol. The molecule has 0 bridgehead atoms. The first kappa shape index (κ1) is 23.7. The Morgan fingerprint density at radius 3 is 2.30 bits per heavy atom. The van der Waals surface area contributed by atoms with Crippen molar-refractivity contribution in [3.05, 3.63) is 58.1 Å². The van der Waals surface area contributed by atoms with Crippen LogP contribution in [0.5, 0.6) is 0 Å². The van der Waals surface area contributed by atoms with Crippen LogP contribution < -0.4 is 5.32 Å². The van der Waals surface area contributed by atoms with Crippen molar-refractivity contribution < 1.29 is 9.59 Å². The lowest BCUT2D eigenvalue weighted by molar-refractivity contribution is -0.126. The smallest absolute Gasteiger partial charge is 0.258 e. The molecule has 30 heavy (non-hydrogen) atoms. The second kappa shape index (κ2) is 9.98. The summed E-state index contributed by atoms with van der Waals surface area (Å²) in [5, 5.41) is 11.3. The Hall–Kier alpha value is -2.53. The fourth-order valence-corrected chi connectivity index (χ4v) is 3.43. The molecule has 0 aliphatic carbocycles. The summed E-state index contributed by atoms with van der Waals surface area (Å²) < 4.78 is 0. The normalized spacial score (nSPS) is 12.8. The highest BCUT2D eigenvalue weighted by Crippen LogP contribution is 2.36. The number of azo groups is 1. The second-order valence-electron chi connectivity index (χ2n) is 7.97. The summed E-state index contributed by atoms with van der Waals surface area (Å²) in [5.74, 6) is -0.909. The number of hydrogen-bond donors (Lipinski definition) is 1. The number of halogens is 1. The fourth-order valence-electron chi connectivity index (χ4n) is 3.21.